The van der Waals surface area contributed by atoms with Gasteiger partial charge in [0.1, 0.15) is 11.6 Å². The Hall–Kier alpha value is -2.85. The molecule has 1 amide bonds. The van der Waals surface area contributed by atoms with E-state index < -0.39 is 61.0 Å². The molecule has 11 heteroatoms. The number of nitrogens with one attached hydrogen (secondary N) is 2. The first kappa shape index (κ1) is 25.4. The lowest BCUT2D eigenvalue weighted by Gasteiger charge is -2.41. The smallest absolute Gasteiger partial charge is 0.416 e. The van der Waals surface area contributed by atoms with Crippen LogP contribution in [0.4, 0.5) is 30.7 Å². The van der Waals surface area contributed by atoms with Crippen molar-refractivity contribution >= 4 is 11.6 Å². The summed E-state index contributed by atoms with van der Waals surface area (Å²) < 4.78 is 99.0. The van der Waals surface area contributed by atoms with Crippen molar-refractivity contribution in [3.63, 3.8) is 0 Å². The van der Waals surface area contributed by atoms with Crippen LogP contribution in [0.5, 0.6) is 5.75 Å². The van der Waals surface area contributed by atoms with Crippen LogP contribution < -0.4 is 10.1 Å². The van der Waals surface area contributed by atoms with Crippen LogP contribution in [0, 0.1) is 11.2 Å². The number of amides is 1. The van der Waals surface area contributed by atoms with Gasteiger partial charge in [-0.15, -0.1) is 0 Å². The Balaban J connectivity index is 2.40. The van der Waals surface area contributed by atoms with Gasteiger partial charge in [-0.3, -0.25) is 4.79 Å². The van der Waals surface area contributed by atoms with E-state index >= 15 is 0 Å². The number of halogens is 7. The minimum atomic E-state index is -5.12. The molecule has 0 unspecified atom stereocenters. The molecule has 0 fully saturated rings. The fourth-order valence-electron chi connectivity index (χ4n) is 3.31. The quantitative estimate of drug-likeness (QED) is 0.306. The maximum Gasteiger partial charge on any atom is 0.416 e. The van der Waals surface area contributed by atoms with E-state index in [9.17, 15) is 35.5 Å². The number of hydrogen-bond acceptors (Lipinski definition) is 3. The second-order valence-corrected chi connectivity index (χ2v) is 7.26. The summed E-state index contributed by atoms with van der Waals surface area (Å²) in [6.07, 6.45) is -9.29. The Labute approximate surface area is 179 Å². The molecule has 176 valence electrons. The van der Waals surface area contributed by atoms with Gasteiger partial charge in [0.15, 0.2) is 5.54 Å². The molecule has 0 saturated carbocycles. The Bertz CT molecular complexity index is 948. The van der Waals surface area contributed by atoms with Gasteiger partial charge < -0.3 is 15.5 Å². The third-order valence-electron chi connectivity index (χ3n) is 4.98. The van der Waals surface area contributed by atoms with Crippen molar-refractivity contribution in [1.82, 2.24) is 5.32 Å². The SMILES string of the molecule is C/C=C\C(=N)C1=C(C)C(=O)N[C@@](c2ccc(OCCCC(F)(F)F)cc2F)(C(F)(F)F)C1. The van der Waals surface area contributed by atoms with Crippen LogP contribution in [0.2, 0.25) is 0 Å². The van der Waals surface area contributed by atoms with Crippen LogP contribution in [0.3, 0.4) is 0 Å². The Morgan fingerprint density at radius 3 is 2.44 bits per heavy atom. The highest BCUT2D eigenvalue weighted by Gasteiger charge is 2.60. The maximum atomic E-state index is 14.8. The third-order valence-corrected chi connectivity index (χ3v) is 4.98. The normalized spacial score (nSPS) is 20.0. The molecule has 2 rings (SSSR count). The minimum Gasteiger partial charge on any atom is -0.493 e. The van der Waals surface area contributed by atoms with Crippen molar-refractivity contribution < 1.29 is 40.3 Å². The number of carbonyl (C=O) groups is 1. The van der Waals surface area contributed by atoms with E-state index in [0.29, 0.717) is 6.07 Å². The Kier molecular flexibility index (Phi) is 7.41. The zero-order valence-corrected chi connectivity index (χ0v) is 17.2. The van der Waals surface area contributed by atoms with Crippen LogP contribution >= 0.6 is 0 Å². The predicted molar refractivity (Wildman–Crippen MR) is 103 cm³/mol. The van der Waals surface area contributed by atoms with E-state index in [2.05, 4.69) is 0 Å². The second-order valence-electron chi connectivity index (χ2n) is 7.26. The summed E-state index contributed by atoms with van der Waals surface area (Å²) >= 11 is 0. The van der Waals surface area contributed by atoms with Crippen LogP contribution in [-0.2, 0) is 10.3 Å². The van der Waals surface area contributed by atoms with Crippen molar-refractivity contribution in [3.05, 3.63) is 52.9 Å². The average Bonchev–Trinajstić information content (AvgIpc) is 2.66. The summed E-state index contributed by atoms with van der Waals surface area (Å²) in [6, 6.07) is 2.40. The average molecular weight is 466 g/mol. The van der Waals surface area contributed by atoms with Gasteiger partial charge in [0, 0.05) is 30.0 Å². The molecule has 0 radical (unpaired) electrons. The Morgan fingerprint density at radius 1 is 1.25 bits per heavy atom. The van der Waals surface area contributed by atoms with E-state index in [0.717, 1.165) is 12.1 Å². The van der Waals surface area contributed by atoms with Crippen LogP contribution in [0.25, 0.3) is 0 Å². The highest BCUT2D eigenvalue weighted by Crippen LogP contribution is 2.47. The number of benzene rings is 1. The molecule has 1 heterocycles. The van der Waals surface area contributed by atoms with Crippen LogP contribution in [0.15, 0.2) is 41.5 Å². The fourth-order valence-corrected chi connectivity index (χ4v) is 3.31. The van der Waals surface area contributed by atoms with Crippen molar-refractivity contribution in [2.24, 2.45) is 0 Å². The summed E-state index contributed by atoms with van der Waals surface area (Å²) in [7, 11) is 0. The highest BCUT2D eigenvalue weighted by molar-refractivity contribution is 6.12. The number of allylic oxidation sites excluding steroid dienone is 2. The first-order valence-electron chi connectivity index (χ1n) is 9.52. The standard InChI is InChI=1S/C21H21F7N2O2/c1-3-5-17(29)14-11-19(21(26,27)28,30-18(31)12(14)2)15-7-6-13(10-16(15)22)32-9-4-8-20(23,24)25/h3,5-7,10,29H,4,8-9,11H2,1-2H3,(H,30,31)/b5-3-,29-17?/t19-/m0/s1. The molecule has 1 aliphatic rings. The van der Waals surface area contributed by atoms with Crippen molar-refractivity contribution in [2.45, 2.75) is 51.0 Å². The van der Waals surface area contributed by atoms with E-state index in [1.165, 1.54) is 19.1 Å². The first-order valence-corrected chi connectivity index (χ1v) is 9.52. The number of alkyl halides is 6. The van der Waals surface area contributed by atoms with Crippen LogP contribution in [-0.4, -0.2) is 30.6 Å². The summed E-state index contributed by atoms with van der Waals surface area (Å²) in [6.45, 7) is 2.42. The molecule has 1 aromatic carbocycles. The summed E-state index contributed by atoms with van der Waals surface area (Å²) in [4.78, 5) is 12.4. The number of hydrogen-bond donors (Lipinski definition) is 2. The van der Waals surface area contributed by atoms with Crippen molar-refractivity contribution in [2.75, 3.05) is 6.61 Å². The molecule has 4 nitrogen and oxygen atoms in total. The molecule has 0 bridgehead atoms. The number of ether oxygens (including phenoxy) is 1. The molecule has 0 aromatic heterocycles. The largest absolute Gasteiger partial charge is 0.493 e. The summed E-state index contributed by atoms with van der Waals surface area (Å²) in [5.74, 6) is -2.70. The van der Waals surface area contributed by atoms with Crippen LogP contribution in [0.1, 0.15) is 38.7 Å². The Morgan fingerprint density at radius 2 is 1.91 bits per heavy atom. The van der Waals surface area contributed by atoms with Gasteiger partial charge in [-0.25, -0.2) is 4.39 Å². The van der Waals surface area contributed by atoms with Gasteiger partial charge >= 0.3 is 12.4 Å². The number of rotatable bonds is 7. The lowest BCUT2D eigenvalue weighted by atomic mass is 9.77. The van der Waals surface area contributed by atoms with E-state index in [-0.39, 0.29) is 22.6 Å². The van der Waals surface area contributed by atoms with Gasteiger partial charge in [-0.2, -0.15) is 26.3 Å². The maximum absolute atomic E-state index is 14.8. The van der Waals surface area contributed by atoms with Gasteiger partial charge in [-0.1, -0.05) is 6.08 Å². The lowest BCUT2D eigenvalue weighted by molar-refractivity contribution is -0.203. The van der Waals surface area contributed by atoms with Gasteiger partial charge in [0.25, 0.3) is 0 Å². The van der Waals surface area contributed by atoms with Crippen molar-refractivity contribution in [3.8, 4) is 5.75 Å². The molecule has 32 heavy (non-hydrogen) atoms. The number of carbonyl (C=O) groups excluding carboxylic acids is 1. The summed E-state index contributed by atoms with van der Waals surface area (Å²) in [5, 5.41) is 9.83. The van der Waals surface area contributed by atoms with Crippen molar-refractivity contribution in [1.29, 1.82) is 5.41 Å². The van der Waals surface area contributed by atoms with E-state index in [4.69, 9.17) is 10.1 Å². The fraction of sp³-hybridized carbons (Fsp3) is 0.429. The lowest BCUT2D eigenvalue weighted by Crippen LogP contribution is -2.59. The molecule has 0 aliphatic carbocycles. The molecule has 1 atom stereocenters. The monoisotopic (exact) mass is 466 g/mol. The van der Waals surface area contributed by atoms with E-state index in [1.807, 2.05) is 5.32 Å². The zero-order valence-electron chi connectivity index (χ0n) is 17.2. The van der Waals surface area contributed by atoms with Gasteiger partial charge in [0.05, 0.1) is 12.3 Å². The topological polar surface area (TPSA) is 62.2 Å². The van der Waals surface area contributed by atoms with Gasteiger partial charge in [-0.05, 0) is 44.1 Å². The molecule has 0 saturated heterocycles. The molecule has 0 spiro atoms. The molecular weight excluding hydrogens is 445 g/mol. The first-order chi connectivity index (χ1) is 14.7. The molecular formula is C21H21F7N2O2. The molecule has 2 N–H and O–H groups in total. The molecule has 1 aromatic rings. The zero-order chi connectivity index (χ0) is 24.3. The van der Waals surface area contributed by atoms with E-state index in [1.54, 1.807) is 6.92 Å². The third kappa shape index (κ3) is 5.49. The second kappa shape index (κ2) is 9.33. The minimum absolute atomic E-state index is 0.0852. The highest BCUT2D eigenvalue weighted by atomic mass is 19.4. The molecule has 1 aliphatic heterocycles. The summed E-state index contributed by atoms with van der Waals surface area (Å²) in [5.41, 5.74) is -4.60. The predicted octanol–water partition coefficient (Wildman–Crippen LogP) is 5.74. The van der Waals surface area contributed by atoms with Gasteiger partial charge in [0.2, 0.25) is 5.91 Å².